The molecule has 2 aromatic rings. The van der Waals surface area contributed by atoms with Crippen LogP contribution < -0.4 is 20.3 Å². The van der Waals surface area contributed by atoms with Gasteiger partial charge in [0, 0.05) is 49.6 Å². The van der Waals surface area contributed by atoms with Crippen molar-refractivity contribution in [1.29, 1.82) is 0 Å². The van der Waals surface area contributed by atoms with Crippen molar-refractivity contribution in [2.24, 2.45) is 0 Å². The first-order chi connectivity index (χ1) is 12.7. The molecule has 1 fully saturated rings. The topological polar surface area (TPSA) is 83.6 Å². The van der Waals surface area contributed by atoms with Gasteiger partial charge < -0.3 is 20.3 Å². The van der Waals surface area contributed by atoms with Gasteiger partial charge >= 0.3 is 6.03 Å². The second-order valence-corrected chi connectivity index (χ2v) is 5.99. The number of rotatable bonds is 6. The Labute approximate surface area is 152 Å². The number of aromatic nitrogens is 1. The molecular weight excluding hydrogens is 332 g/mol. The van der Waals surface area contributed by atoms with Crippen LogP contribution in [0.2, 0.25) is 0 Å². The third-order valence-electron chi connectivity index (χ3n) is 4.19. The average Bonchev–Trinajstić information content (AvgIpc) is 3.08. The third-order valence-corrected chi connectivity index (χ3v) is 4.19. The number of amides is 3. The van der Waals surface area contributed by atoms with E-state index in [4.69, 9.17) is 4.74 Å². The zero-order valence-electron chi connectivity index (χ0n) is 14.7. The van der Waals surface area contributed by atoms with Gasteiger partial charge in [0.1, 0.15) is 5.75 Å². The van der Waals surface area contributed by atoms with Crippen LogP contribution in [-0.4, -0.2) is 37.1 Å². The zero-order chi connectivity index (χ0) is 18.4. The van der Waals surface area contributed by atoms with Gasteiger partial charge in [0.05, 0.1) is 12.8 Å². The summed E-state index contributed by atoms with van der Waals surface area (Å²) in [6.07, 6.45) is 3.80. The fourth-order valence-electron chi connectivity index (χ4n) is 2.91. The van der Waals surface area contributed by atoms with Gasteiger partial charge in [-0.3, -0.25) is 9.78 Å². The quantitative estimate of drug-likeness (QED) is 0.835. The number of pyridine rings is 1. The number of nitrogens with one attached hydrogen (secondary N) is 2. The minimum atomic E-state index is -0.298. The lowest BCUT2D eigenvalue weighted by atomic mass is 10.2. The maximum atomic E-state index is 12.0. The number of benzene rings is 1. The standard InChI is InChI=1S/C19H22N4O3/c1-26-17-13-15(7-8-16(17)23-12-4-6-18(23)24)22-19(25)21-11-9-14-5-2-3-10-20-14/h2-3,5,7-8,10,13H,4,6,9,11-12H2,1H3,(H2,21,22,25). The summed E-state index contributed by atoms with van der Waals surface area (Å²) in [4.78, 5) is 29.9. The lowest BCUT2D eigenvalue weighted by Gasteiger charge is -2.19. The summed E-state index contributed by atoms with van der Waals surface area (Å²) in [6.45, 7) is 1.18. The van der Waals surface area contributed by atoms with Crippen molar-refractivity contribution in [3.63, 3.8) is 0 Å². The minimum Gasteiger partial charge on any atom is -0.494 e. The van der Waals surface area contributed by atoms with Crippen molar-refractivity contribution in [3.8, 4) is 5.75 Å². The first-order valence-corrected chi connectivity index (χ1v) is 8.60. The van der Waals surface area contributed by atoms with Crippen molar-refractivity contribution in [2.45, 2.75) is 19.3 Å². The minimum absolute atomic E-state index is 0.0938. The van der Waals surface area contributed by atoms with Gasteiger partial charge in [-0.25, -0.2) is 4.79 Å². The number of anilines is 2. The summed E-state index contributed by atoms with van der Waals surface area (Å²) in [5, 5.41) is 5.58. The summed E-state index contributed by atoms with van der Waals surface area (Å²) >= 11 is 0. The van der Waals surface area contributed by atoms with E-state index in [1.807, 2.05) is 18.2 Å². The van der Waals surface area contributed by atoms with Crippen molar-refractivity contribution in [3.05, 3.63) is 48.3 Å². The number of hydrogen-bond donors (Lipinski definition) is 2. The van der Waals surface area contributed by atoms with Crippen molar-refractivity contribution < 1.29 is 14.3 Å². The monoisotopic (exact) mass is 354 g/mol. The van der Waals surface area contributed by atoms with E-state index in [1.54, 1.807) is 36.4 Å². The molecule has 0 unspecified atom stereocenters. The molecule has 136 valence electrons. The molecule has 0 bridgehead atoms. The van der Waals surface area contributed by atoms with Crippen molar-refractivity contribution >= 4 is 23.3 Å². The molecule has 3 amide bonds. The molecule has 0 aliphatic carbocycles. The van der Waals surface area contributed by atoms with Crippen LogP contribution in [0.15, 0.2) is 42.6 Å². The van der Waals surface area contributed by atoms with Gasteiger partial charge in [-0.2, -0.15) is 0 Å². The Bertz CT molecular complexity index is 780. The summed E-state index contributed by atoms with van der Waals surface area (Å²) in [5.74, 6) is 0.655. The first-order valence-electron chi connectivity index (χ1n) is 8.60. The van der Waals surface area contributed by atoms with Crippen LogP contribution in [0.1, 0.15) is 18.5 Å². The Hall–Kier alpha value is -3.09. The molecule has 1 aromatic heterocycles. The summed E-state index contributed by atoms with van der Waals surface area (Å²) < 4.78 is 5.39. The smallest absolute Gasteiger partial charge is 0.319 e. The molecular formula is C19H22N4O3. The Morgan fingerprint density at radius 1 is 1.31 bits per heavy atom. The molecule has 7 heteroatoms. The number of urea groups is 1. The molecule has 1 aromatic carbocycles. The third kappa shape index (κ3) is 4.30. The van der Waals surface area contributed by atoms with Gasteiger partial charge in [-0.1, -0.05) is 6.07 Å². The van der Waals surface area contributed by atoms with Gasteiger partial charge in [-0.05, 0) is 30.7 Å². The summed E-state index contributed by atoms with van der Waals surface area (Å²) in [7, 11) is 1.55. The number of nitrogens with zero attached hydrogens (tertiary/aromatic N) is 2. The van der Waals surface area contributed by atoms with Gasteiger partial charge in [0.15, 0.2) is 0 Å². The lowest BCUT2D eigenvalue weighted by molar-refractivity contribution is -0.117. The number of carbonyl (C=O) groups is 2. The van der Waals surface area contributed by atoms with E-state index < -0.39 is 0 Å². The number of methoxy groups -OCH3 is 1. The molecule has 0 atom stereocenters. The SMILES string of the molecule is COc1cc(NC(=O)NCCc2ccccn2)ccc1N1CCCC1=O. The van der Waals surface area contributed by atoms with Crippen LogP contribution in [0.25, 0.3) is 0 Å². The van der Waals surface area contributed by atoms with E-state index in [-0.39, 0.29) is 11.9 Å². The predicted octanol–water partition coefficient (Wildman–Crippen LogP) is 2.58. The van der Waals surface area contributed by atoms with Crippen LogP contribution in [0.3, 0.4) is 0 Å². The van der Waals surface area contributed by atoms with Crippen molar-refractivity contribution in [1.82, 2.24) is 10.3 Å². The summed E-state index contributed by atoms with van der Waals surface area (Å²) in [5.41, 5.74) is 2.26. The molecule has 0 radical (unpaired) electrons. The van der Waals surface area contributed by atoms with E-state index in [9.17, 15) is 9.59 Å². The maximum absolute atomic E-state index is 12.0. The highest BCUT2D eigenvalue weighted by Gasteiger charge is 2.24. The number of carbonyl (C=O) groups excluding carboxylic acids is 2. The molecule has 0 saturated carbocycles. The van der Waals surface area contributed by atoms with Crippen LogP contribution in [-0.2, 0) is 11.2 Å². The maximum Gasteiger partial charge on any atom is 0.319 e. The van der Waals surface area contributed by atoms with Gasteiger partial charge in [0.25, 0.3) is 0 Å². The van der Waals surface area contributed by atoms with Gasteiger partial charge in [0.2, 0.25) is 5.91 Å². The van der Waals surface area contributed by atoms with E-state index >= 15 is 0 Å². The highest BCUT2D eigenvalue weighted by Crippen LogP contribution is 2.33. The molecule has 0 spiro atoms. The molecule has 7 nitrogen and oxygen atoms in total. The highest BCUT2D eigenvalue weighted by atomic mass is 16.5. The average molecular weight is 354 g/mol. The lowest BCUT2D eigenvalue weighted by Crippen LogP contribution is -2.30. The zero-order valence-corrected chi connectivity index (χ0v) is 14.7. The number of hydrogen-bond acceptors (Lipinski definition) is 4. The van der Waals surface area contributed by atoms with Crippen LogP contribution >= 0.6 is 0 Å². The summed E-state index contributed by atoms with van der Waals surface area (Å²) in [6, 6.07) is 10.7. The Morgan fingerprint density at radius 3 is 2.88 bits per heavy atom. The molecule has 2 N–H and O–H groups in total. The molecule has 2 heterocycles. The van der Waals surface area contributed by atoms with Gasteiger partial charge in [-0.15, -0.1) is 0 Å². The fraction of sp³-hybridized carbons (Fsp3) is 0.316. The van der Waals surface area contributed by atoms with Crippen LogP contribution in [0, 0.1) is 0 Å². The van der Waals surface area contributed by atoms with Crippen LogP contribution in [0.5, 0.6) is 5.75 Å². The molecule has 3 rings (SSSR count). The molecule has 1 aliphatic rings. The number of ether oxygens (including phenoxy) is 1. The normalized spacial score (nSPS) is 13.6. The van der Waals surface area contributed by atoms with E-state index in [2.05, 4.69) is 15.6 Å². The molecule has 1 saturated heterocycles. The first kappa shape index (κ1) is 17.7. The Kier molecular flexibility index (Phi) is 5.68. The second-order valence-electron chi connectivity index (χ2n) is 5.99. The largest absolute Gasteiger partial charge is 0.494 e. The second kappa shape index (κ2) is 8.33. The molecule has 1 aliphatic heterocycles. The van der Waals surface area contributed by atoms with Crippen molar-refractivity contribution in [2.75, 3.05) is 30.4 Å². The predicted molar refractivity (Wildman–Crippen MR) is 99.5 cm³/mol. The van der Waals surface area contributed by atoms with E-state index in [0.717, 1.165) is 17.8 Å². The molecule has 26 heavy (non-hydrogen) atoms. The Morgan fingerprint density at radius 2 is 2.19 bits per heavy atom. The van der Waals surface area contributed by atoms with Crippen LogP contribution in [0.4, 0.5) is 16.2 Å². The Balaban J connectivity index is 1.57. The van der Waals surface area contributed by atoms with E-state index in [1.165, 1.54) is 0 Å². The highest BCUT2D eigenvalue weighted by molar-refractivity contribution is 5.97. The fourth-order valence-corrected chi connectivity index (χ4v) is 2.91. The van der Waals surface area contributed by atoms with E-state index in [0.29, 0.717) is 37.4 Å².